The van der Waals surface area contributed by atoms with Crippen molar-refractivity contribution in [3.63, 3.8) is 0 Å². The number of rotatable bonds is 2. The number of piperidine rings is 1. The third-order valence-corrected chi connectivity index (χ3v) is 4.80. The molecule has 0 amide bonds. The van der Waals surface area contributed by atoms with Crippen molar-refractivity contribution in [2.75, 3.05) is 0 Å². The normalized spacial score (nSPS) is 25.5. The second-order valence-corrected chi connectivity index (χ2v) is 6.86. The summed E-state index contributed by atoms with van der Waals surface area (Å²) in [5.74, 6) is -0.333. The Morgan fingerprint density at radius 1 is 1.38 bits per heavy atom. The van der Waals surface area contributed by atoms with Crippen LogP contribution in [0.4, 0.5) is 13.2 Å². The van der Waals surface area contributed by atoms with Gasteiger partial charge in [-0.15, -0.1) is 0 Å². The average molecular weight is 325 g/mol. The van der Waals surface area contributed by atoms with Crippen LogP contribution in [-0.2, 0) is 23.6 Å². The lowest BCUT2D eigenvalue weighted by Gasteiger charge is -2.34. The SMILES string of the molecule is Cn1nc2c(c1OS(=O)(=O)C(F)(F)F)C[C@H]1CCC[C@@H]2N1. The van der Waals surface area contributed by atoms with Crippen LogP contribution in [0.1, 0.15) is 36.6 Å². The first-order valence-corrected chi connectivity index (χ1v) is 7.92. The van der Waals surface area contributed by atoms with E-state index in [9.17, 15) is 21.6 Å². The van der Waals surface area contributed by atoms with Gasteiger partial charge in [-0.1, -0.05) is 0 Å². The van der Waals surface area contributed by atoms with Gasteiger partial charge in [-0.05, 0) is 25.7 Å². The minimum Gasteiger partial charge on any atom is -0.355 e. The molecule has 2 aliphatic heterocycles. The Bertz CT molecular complexity index is 668. The lowest BCUT2D eigenvalue weighted by molar-refractivity contribution is -0.0502. The number of nitrogens with one attached hydrogen (secondary N) is 1. The van der Waals surface area contributed by atoms with Gasteiger partial charge >= 0.3 is 15.6 Å². The van der Waals surface area contributed by atoms with E-state index in [0.717, 1.165) is 23.9 Å². The molecule has 1 saturated heterocycles. The van der Waals surface area contributed by atoms with Gasteiger partial charge in [0, 0.05) is 18.7 Å². The second-order valence-electron chi connectivity index (χ2n) is 5.33. The molecular weight excluding hydrogens is 311 g/mol. The number of hydrogen-bond donors (Lipinski definition) is 1. The van der Waals surface area contributed by atoms with Crippen molar-refractivity contribution in [3.05, 3.63) is 11.3 Å². The zero-order chi connectivity index (χ0) is 15.4. The maximum Gasteiger partial charge on any atom is 0.534 e. The molecule has 2 atom stereocenters. The molecule has 21 heavy (non-hydrogen) atoms. The number of alkyl halides is 3. The fraction of sp³-hybridized carbons (Fsp3) is 0.727. The maximum absolute atomic E-state index is 12.5. The number of nitrogens with zero attached hydrogens (tertiary/aromatic N) is 2. The van der Waals surface area contributed by atoms with Crippen LogP contribution in [0, 0.1) is 0 Å². The van der Waals surface area contributed by atoms with Crippen LogP contribution in [0.2, 0.25) is 0 Å². The van der Waals surface area contributed by atoms with E-state index in [1.54, 1.807) is 0 Å². The van der Waals surface area contributed by atoms with Gasteiger partial charge in [0.15, 0.2) is 0 Å². The summed E-state index contributed by atoms with van der Waals surface area (Å²) in [7, 11) is -4.30. The standard InChI is InChI=1S/C11H14F3N3O3S/c1-17-10(20-21(18,19)11(12,13)14)7-5-6-3-2-4-8(15-6)9(7)16-17/h6,8,15H,2-5H2,1H3/t6-,8+/m1/s1. The molecule has 1 aromatic heterocycles. The first kappa shape index (κ1) is 14.6. The molecule has 2 bridgehead atoms. The highest BCUT2D eigenvalue weighted by atomic mass is 32.2. The molecule has 3 heterocycles. The van der Waals surface area contributed by atoms with Gasteiger partial charge < -0.3 is 9.50 Å². The van der Waals surface area contributed by atoms with Crippen molar-refractivity contribution in [1.82, 2.24) is 15.1 Å². The van der Waals surface area contributed by atoms with Crippen molar-refractivity contribution >= 4 is 10.1 Å². The molecule has 0 unspecified atom stereocenters. The van der Waals surface area contributed by atoms with Gasteiger partial charge in [0.2, 0.25) is 5.88 Å². The van der Waals surface area contributed by atoms with Crippen LogP contribution in [0.15, 0.2) is 0 Å². The van der Waals surface area contributed by atoms with E-state index in [4.69, 9.17) is 0 Å². The Labute approximate surface area is 119 Å². The molecule has 0 saturated carbocycles. The van der Waals surface area contributed by atoms with E-state index in [2.05, 4.69) is 14.6 Å². The number of aryl methyl sites for hydroxylation is 1. The molecule has 10 heteroatoms. The van der Waals surface area contributed by atoms with E-state index >= 15 is 0 Å². The highest BCUT2D eigenvalue weighted by Crippen LogP contribution is 2.39. The molecule has 6 nitrogen and oxygen atoms in total. The summed E-state index contributed by atoms with van der Waals surface area (Å²) in [6, 6.07) is 0.0704. The Morgan fingerprint density at radius 2 is 2.10 bits per heavy atom. The van der Waals surface area contributed by atoms with Gasteiger partial charge in [0.25, 0.3) is 0 Å². The third kappa shape index (κ3) is 2.39. The highest BCUT2D eigenvalue weighted by molar-refractivity contribution is 7.87. The van der Waals surface area contributed by atoms with E-state index < -0.39 is 15.6 Å². The molecule has 1 N–H and O–H groups in total. The molecule has 118 valence electrons. The van der Waals surface area contributed by atoms with Gasteiger partial charge in [0.05, 0.1) is 11.7 Å². The molecule has 1 fully saturated rings. The van der Waals surface area contributed by atoms with Crippen molar-refractivity contribution in [2.24, 2.45) is 7.05 Å². The summed E-state index contributed by atoms with van der Waals surface area (Å²) in [4.78, 5) is 0. The minimum absolute atomic E-state index is 0.0513. The molecule has 0 radical (unpaired) electrons. The fourth-order valence-electron chi connectivity index (χ4n) is 2.94. The van der Waals surface area contributed by atoms with Gasteiger partial charge in [-0.2, -0.15) is 26.7 Å². The zero-order valence-corrected chi connectivity index (χ0v) is 12.0. The van der Waals surface area contributed by atoms with Crippen LogP contribution in [0.3, 0.4) is 0 Å². The first-order chi connectivity index (χ1) is 9.69. The zero-order valence-electron chi connectivity index (χ0n) is 11.1. The summed E-state index contributed by atoms with van der Waals surface area (Å²) < 4.78 is 65.2. The van der Waals surface area contributed by atoms with E-state index in [0.29, 0.717) is 17.7 Å². The Balaban J connectivity index is 2.00. The first-order valence-electron chi connectivity index (χ1n) is 6.51. The summed E-state index contributed by atoms with van der Waals surface area (Å²) in [5.41, 5.74) is -4.41. The number of halogens is 3. The van der Waals surface area contributed by atoms with Crippen molar-refractivity contribution in [1.29, 1.82) is 0 Å². The summed E-state index contributed by atoms with van der Waals surface area (Å²) in [5, 5.41) is 7.47. The molecule has 0 spiro atoms. The van der Waals surface area contributed by atoms with E-state index in [1.807, 2.05) is 0 Å². The highest BCUT2D eigenvalue weighted by Gasteiger charge is 2.50. The van der Waals surface area contributed by atoms with Crippen molar-refractivity contribution < 1.29 is 25.8 Å². The molecule has 0 aromatic carbocycles. The quantitative estimate of drug-likeness (QED) is 0.657. The maximum atomic E-state index is 12.5. The van der Waals surface area contributed by atoms with Gasteiger partial charge in [-0.25, -0.2) is 4.68 Å². The fourth-order valence-corrected chi connectivity index (χ4v) is 3.45. The van der Waals surface area contributed by atoms with E-state index in [1.165, 1.54) is 7.05 Å². The average Bonchev–Trinajstić information content (AvgIpc) is 2.66. The predicted molar refractivity (Wildman–Crippen MR) is 66.0 cm³/mol. The van der Waals surface area contributed by atoms with Crippen LogP contribution < -0.4 is 9.50 Å². The van der Waals surface area contributed by atoms with E-state index in [-0.39, 0.29) is 18.0 Å². The Morgan fingerprint density at radius 3 is 2.76 bits per heavy atom. The lowest BCUT2D eigenvalue weighted by Crippen LogP contribution is -2.42. The molecule has 1 aromatic rings. The topological polar surface area (TPSA) is 73.2 Å². The monoisotopic (exact) mass is 325 g/mol. The minimum atomic E-state index is -5.68. The lowest BCUT2D eigenvalue weighted by atomic mass is 9.86. The van der Waals surface area contributed by atoms with Crippen LogP contribution in [0.5, 0.6) is 5.88 Å². The Kier molecular flexibility index (Phi) is 3.21. The van der Waals surface area contributed by atoms with Crippen LogP contribution in [0.25, 0.3) is 0 Å². The van der Waals surface area contributed by atoms with Crippen LogP contribution in [-0.4, -0.2) is 29.7 Å². The summed E-state index contributed by atoms with van der Waals surface area (Å²) in [6.45, 7) is 0. The smallest absolute Gasteiger partial charge is 0.355 e. The summed E-state index contributed by atoms with van der Waals surface area (Å²) in [6.07, 6.45) is 3.15. The second kappa shape index (κ2) is 4.60. The van der Waals surface area contributed by atoms with Gasteiger partial charge in [0.1, 0.15) is 0 Å². The Hall–Kier alpha value is -1.29. The molecular formula is C11H14F3N3O3S. The number of fused-ring (bicyclic) bond motifs is 4. The third-order valence-electron chi connectivity index (χ3n) is 3.85. The predicted octanol–water partition coefficient (Wildman–Crippen LogP) is 1.39. The number of hydrogen-bond acceptors (Lipinski definition) is 5. The largest absolute Gasteiger partial charge is 0.534 e. The van der Waals surface area contributed by atoms with Gasteiger partial charge in [-0.3, -0.25) is 0 Å². The van der Waals surface area contributed by atoms with Crippen LogP contribution >= 0.6 is 0 Å². The van der Waals surface area contributed by atoms with Crippen molar-refractivity contribution in [2.45, 2.75) is 43.3 Å². The summed E-state index contributed by atoms with van der Waals surface area (Å²) >= 11 is 0. The molecule has 0 aliphatic carbocycles. The molecule has 2 aliphatic rings. The molecule has 3 rings (SSSR count). The number of aromatic nitrogens is 2. The van der Waals surface area contributed by atoms with Crippen molar-refractivity contribution in [3.8, 4) is 5.88 Å².